The van der Waals surface area contributed by atoms with E-state index in [0.717, 1.165) is 24.7 Å². The van der Waals surface area contributed by atoms with Crippen molar-refractivity contribution in [3.63, 3.8) is 0 Å². The fourth-order valence-electron chi connectivity index (χ4n) is 2.74. The van der Waals surface area contributed by atoms with Crippen LogP contribution in [0.1, 0.15) is 56.9 Å². The Labute approximate surface area is 117 Å². The van der Waals surface area contributed by atoms with E-state index in [4.69, 9.17) is 9.47 Å². The predicted octanol–water partition coefficient (Wildman–Crippen LogP) is 4.54. The summed E-state index contributed by atoms with van der Waals surface area (Å²) in [6.45, 7) is 4.26. The molecule has 0 amide bonds. The Morgan fingerprint density at radius 3 is 2.37 bits per heavy atom. The summed E-state index contributed by atoms with van der Waals surface area (Å²) in [6.07, 6.45) is 7.96. The molecule has 1 saturated carbocycles. The van der Waals surface area contributed by atoms with Gasteiger partial charge in [0.2, 0.25) is 0 Å². The topological polar surface area (TPSA) is 18.5 Å². The summed E-state index contributed by atoms with van der Waals surface area (Å²) in [7, 11) is 0. The molecule has 0 spiro atoms. The van der Waals surface area contributed by atoms with Crippen molar-refractivity contribution in [2.75, 3.05) is 19.8 Å². The highest BCUT2D eigenvalue weighted by Crippen LogP contribution is 2.33. The highest BCUT2D eigenvalue weighted by Gasteiger charge is 2.15. The van der Waals surface area contributed by atoms with E-state index in [1.54, 1.807) is 0 Å². The van der Waals surface area contributed by atoms with E-state index in [9.17, 15) is 0 Å². The third-order valence-corrected chi connectivity index (χ3v) is 3.80. The maximum Gasteiger partial charge on any atom is 0.119 e. The largest absolute Gasteiger partial charge is 0.491 e. The van der Waals surface area contributed by atoms with Crippen molar-refractivity contribution >= 4 is 0 Å². The van der Waals surface area contributed by atoms with Gasteiger partial charge >= 0.3 is 0 Å². The number of rotatable bonds is 7. The standard InChI is InChI=1S/C17H26O2/c1-2-12-18-13-14-19-17-10-8-16(9-11-17)15-6-4-3-5-7-15/h8-11,15H,2-7,12-14H2,1H3. The highest BCUT2D eigenvalue weighted by atomic mass is 16.5. The lowest BCUT2D eigenvalue weighted by molar-refractivity contribution is 0.101. The van der Waals surface area contributed by atoms with E-state index < -0.39 is 0 Å². The van der Waals surface area contributed by atoms with Crippen LogP contribution < -0.4 is 4.74 Å². The molecule has 1 aliphatic carbocycles. The van der Waals surface area contributed by atoms with Crippen LogP contribution in [-0.4, -0.2) is 19.8 Å². The van der Waals surface area contributed by atoms with Crippen LogP contribution in [0.3, 0.4) is 0 Å². The maximum atomic E-state index is 5.67. The quantitative estimate of drug-likeness (QED) is 0.672. The van der Waals surface area contributed by atoms with Gasteiger partial charge in [0.1, 0.15) is 12.4 Å². The third-order valence-electron chi connectivity index (χ3n) is 3.80. The molecule has 0 atom stereocenters. The van der Waals surface area contributed by atoms with Crippen LogP contribution in [0.2, 0.25) is 0 Å². The van der Waals surface area contributed by atoms with Crippen molar-refractivity contribution in [1.82, 2.24) is 0 Å². The minimum absolute atomic E-state index is 0.642. The predicted molar refractivity (Wildman–Crippen MR) is 78.9 cm³/mol. The normalized spacial score (nSPS) is 16.5. The second kappa shape index (κ2) is 8.21. The van der Waals surface area contributed by atoms with Crippen molar-refractivity contribution in [1.29, 1.82) is 0 Å². The van der Waals surface area contributed by atoms with Crippen LogP contribution in [0.5, 0.6) is 5.75 Å². The van der Waals surface area contributed by atoms with Gasteiger partial charge in [-0.2, -0.15) is 0 Å². The lowest BCUT2D eigenvalue weighted by Crippen LogP contribution is -2.07. The molecular weight excluding hydrogens is 236 g/mol. The first-order valence-corrected chi connectivity index (χ1v) is 7.70. The van der Waals surface area contributed by atoms with Crippen LogP contribution >= 0.6 is 0 Å². The second-order valence-corrected chi connectivity index (χ2v) is 5.36. The van der Waals surface area contributed by atoms with Gasteiger partial charge in [0.25, 0.3) is 0 Å². The molecular formula is C17H26O2. The van der Waals surface area contributed by atoms with Gasteiger partial charge in [0.05, 0.1) is 6.61 Å². The SMILES string of the molecule is CCCOCCOc1ccc(C2CCCCC2)cc1. The molecule has 0 aliphatic heterocycles. The molecule has 1 fully saturated rings. The molecule has 2 nitrogen and oxygen atoms in total. The number of hydrogen-bond acceptors (Lipinski definition) is 2. The Hall–Kier alpha value is -1.02. The summed E-state index contributed by atoms with van der Waals surface area (Å²) in [5.74, 6) is 1.73. The Morgan fingerprint density at radius 1 is 0.947 bits per heavy atom. The Balaban J connectivity index is 1.74. The van der Waals surface area contributed by atoms with Crippen LogP contribution in [0, 0.1) is 0 Å². The number of benzene rings is 1. The van der Waals surface area contributed by atoms with Crippen LogP contribution in [-0.2, 0) is 4.74 Å². The molecule has 1 aliphatic rings. The van der Waals surface area contributed by atoms with Gasteiger partial charge in [-0.1, -0.05) is 38.3 Å². The van der Waals surface area contributed by atoms with Crippen LogP contribution in [0.4, 0.5) is 0 Å². The Morgan fingerprint density at radius 2 is 1.68 bits per heavy atom. The summed E-state index contributed by atoms with van der Waals surface area (Å²) < 4.78 is 11.1. The zero-order valence-corrected chi connectivity index (χ0v) is 12.1. The van der Waals surface area contributed by atoms with Gasteiger partial charge in [0.15, 0.2) is 0 Å². The molecule has 0 heterocycles. The molecule has 0 unspecified atom stereocenters. The third kappa shape index (κ3) is 4.87. The first kappa shape index (κ1) is 14.4. The molecule has 2 heteroatoms. The summed E-state index contributed by atoms with van der Waals surface area (Å²) in [5.41, 5.74) is 1.48. The fourth-order valence-corrected chi connectivity index (χ4v) is 2.74. The summed E-state index contributed by atoms with van der Waals surface area (Å²) in [5, 5.41) is 0. The van der Waals surface area contributed by atoms with E-state index in [2.05, 4.69) is 31.2 Å². The van der Waals surface area contributed by atoms with Crippen molar-refractivity contribution in [2.24, 2.45) is 0 Å². The molecule has 0 saturated heterocycles. The van der Waals surface area contributed by atoms with Crippen molar-refractivity contribution in [3.05, 3.63) is 29.8 Å². The monoisotopic (exact) mass is 262 g/mol. The zero-order chi connectivity index (χ0) is 13.3. The summed E-state index contributed by atoms with van der Waals surface area (Å²) in [4.78, 5) is 0. The van der Waals surface area contributed by atoms with E-state index in [0.29, 0.717) is 13.2 Å². The molecule has 106 valence electrons. The van der Waals surface area contributed by atoms with Crippen molar-refractivity contribution in [3.8, 4) is 5.75 Å². The Kier molecular flexibility index (Phi) is 6.22. The smallest absolute Gasteiger partial charge is 0.119 e. The molecule has 0 bridgehead atoms. The zero-order valence-electron chi connectivity index (χ0n) is 12.1. The lowest BCUT2D eigenvalue weighted by atomic mass is 9.84. The van der Waals surface area contributed by atoms with Gasteiger partial charge < -0.3 is 9.47 Å². The maximum absolute atomic E-state index is 5.67. The first-order chi connectivity index (χ1) is 9.40. The van der Waals surface area contributed by atoms with Gasteiger partial charge in [-0.15, -0.1) is 0 Å². The fraction of sp³-hybridized carbons (Fsp3) is 0.647. The molecule has 2 rings (SSSR count). The average Bonchev–Trinajstić information content (AvgIpc) is 2.49. The molecule has 1 aromatic rings. The van der Waals surface area contributed by atoms with E-state index in [1.807, 2.05) is 0 Å². The van der Waals surface area contributed by atoms with Crippen LogP contribution in [0.25, 0.3) is 0 Å². The van der Waals surface area contributed by atoms with E-state index in [1.165, 1.54) is 37.7 Å². The molecule has 0 radical (unpaired) electrons. The average molecular weight is 262 g/mol. The molecule has 1 aromatic carbocycles. The van der Waals surface area contributed by atoms with E-state index >= 15 is 0 Å². The minimum atomic E-state index is 0.642. The van der Waals surface area contributed by atoms with Crippen molar-refractivity contribution < 1.29 is 9.47 Å². The second-order valence-electron chi connectivity index (χ2n) is 5.36. The molecule has 0 N–H and O–H groups in total. The van der Waals surface area contributed by atoms with Gasteiger partial charge in [-0.25, -0.2) is 0 Å². The van der Waals surface area contributed by atoms with Crippen molar-refractivity contribution in [2.45, 2.75) is 51.4 Å². The van der Waals surface area contributed by atoms with E-state index in [-0.39, 0.29) is 0 Å². The Bertz CT molecular complexity index is 339. The molecule has 0 aromatic heterocycles. The van der Waals surface area contributed by atoms with Gasteiger partial charge in [-0.05, 0) is 42.9 Å². The lowest BCUT2D eigenvalue weighted by Gasteiger charge is -2.22. The molecule has 19 heavy (non-hydrogen) atoms. The minimum Gasteiger partial charge on any atom is -0.491 e. The highest BCUT2D eigenvalue weighted by molar-refractivity contribution is 5.29. The van der Waals surface area contributed by atoms with Gasteiger partial charge in [-0.3, -0.25) is 0 Å². The first-order valence-electron chi connectivity index (χ1n) is 7.70. The number of ether oxygens (including phenoxy) is 2. The number of hydrogen-bond donors (Lipinski definition) is 0. The van der Waals surface area contributed by atoms with Crippen LogP contribution in [0.15, 0.2) is 24.3 Å². The van der Waals surface area contributed by atoms with Gasteiger partial charge in [0, 0.05) is 6.61 Å². The summed E-state index contributed by atoms with van der Waals surface area (Å²) in [6, 6.07) is 8.67. The summed E-state index contributed by atoms with van der Waals surface area (Å²) >= 11 is 0.